The summed E-state index contributed by atoms with van der Waals surface area (Å²) in [4.78, 5) is 3.25. The molecule has 0 saturated heterocycles. The van der Waals surface area contributed by atoms with E-state index in [9.17, 15) is 0 Å². The molecule has 0 spiro atoms. The second-order valence-corrected chi connectivity index (χ2v) is 0.183. The normalized spacial score (nSPS) is 4.40. The Balaban J connectivity index is 0. The van der Waals surface area contributed by atoms with Gasteiger partial charge in [-0.15, -0.1) is 13.2 Å². The standard InChI is InChI=1S/C2H4.CH4O2/c1-2;1-3-2/h1-2H2;2H,1H3. The molecule has 0 aliphatic carbocycles. The summed E-state index contributed by atoms with van der Waals surface area (Å²) in [5, 5.41) is 7.07. The molecule has 2 nitrogen and oxygen atoms in total. The first-order chi connectivity index (χ1) is 2.41. The molecule has 32 valence electrons. The lowest BCUT2D eigenvalue weighted by Gasteiger charge is -1.59. The summed E-state index contributed by atoms with van der Waals surface area (Å²) >= 11 is 0. The van der Waals surface area contributed by atoms with Crippen molar-refractivity contribution in [1.29, 1.82) is 0 Å². The van der Waals surface area contributed by atoms with Gasteiger partial charge in [-0.25, -0.2) is 4.89 Å². The highest BCUT2D eigenvalue weighted by Crippen LogP contribution is 1.26. The van der Waals surface area contributed by atoms with E-state index in [0.717, 1.165) is 0 Å². The zero-order chi connectivity index (χ0) is 4.71. The minimum Gasteiger partial charge on any atom is -0.252 e. The van der Waals surface area contributed by atoms with E-state index < -0.39 is 0 Å². The monoisotopic (exact) mass is 76.1 g/mol. The lowest BCUT2D eigenvalue weighted by molar-refractivity contribution is -0.214. The van der Waals surface area contributed by atoms with Gasteiger partial charge in [0.15, 0.2) is 0 Å². The molecule has 0 aliphatic rings. The third kappa shape index (κ3) is 87.2. The van der Waals surface area contributed by atoms with E-state index in [1.165, 1.54) is 7.11 Å². The zero-order valence-electron chi connectivity index (χ0n) is 3.27. The van der Waals surface area contributed by atoms with E-state index in [4.69, 9.17) is 5.26 Å². The Morgan fingerprint density at radius 3 is 1.60 bits per heavy atom. The van der Waals surface area contributed by atoms with Crippen LogP contribution in [-0.4, -0.2) is 12.4 Å². The Hall–Kier alpha value is -0.340. The Bertz CT molecular complexity index is 8.85. The molecule has 2 heteroatoms. The molecule has 0 unspecified atom stereocenters. The van der Waals surface area contributed by atoms with Crippen molar-refractivity contribution in [3.63, 3.8) is 0 Å². The minimum absolute atomic E-state index is 1.18. The van der Waals surface area contributed by atoms with Crippen molar-refractivity contribution < 1.29 is 10.1 Å². The second kappa shape index (κ2) is 59.5. The molecular weight excluding hydrogens is 68.0 g/mol. The SMILES string of the molecule is C=C.COO. The Labute approximate surface area is 31.6 Å². The summed E-state index contributed by atoms with van der Waals surface area (Å²) < 4.78 is 0. The summed E-state index contributed by atoms with van der Waals surface area (Å²) in [6, 6.07) is 0. The average molecular weight is 76.1 g/mol. The van der Waals surface area contributed by atoms with E-state index in [1.54, 1.807) is 0 Å². The Kier molecular flexibility index (Phi) is 105. The quantitative estimate of drug-likeness (QED) is 0.264. The predicted octanol–water partition coefficient (Wildman–Crippen LogP) is 0.908. The lowest BCUT2D eigenvalue weighted by atomic mass is 11.3. The van der Waals surface area contributed by atoms with Gasteiger partial charge in [0.25, 0.3) is 0 Å². The second-order valence-electron chi connectivity index (χ2n) is 0.183. The van der Waals surface area contributed by atoms with Gasteiger partial charge in [0.1, 0.15) is 0 Å². The van der Waals surface area contributed by atoms with Crippen LogP contribution in [-0.2, 0) is 4.89 Å². The first kappa shape index (κ1) is 8.82. The van der Waals surface area contributed by atoms with E-state index >= 15 is 0 Å². The lowest BCUT2D eigenvalue weighted by Crippen LogP contribution is -1.57. The molecule has 0 atom stereocenters. The molecule has 0 aromatic heterocycles. The molecule has 0 radical (unpaired) electrons. The molecule has 0 aliphatic heterocycles. The fraction of sp³-hybridized carbons (Fsp3) is 0.333. The third-order valence-electron chi connectivity index (χ3n) is 0. The molecule has 0 heterocycles. The molecule has 0 bridgehead atoms. The summed E-state index contributed by atoms with van der Waals surface area (Å²) in [7, 11) is 1.18. The minimum atomic E-state index is 1.18. The van der Waals surface area contributed by atoms with Gasteiger partial charge in [0.2, 0.25) is 0 Å². The third-order valence-corrected chi connectivity index (χ3v) is 0. The highest BCUT2D eigenvalue weighted by atomic mass is 17.1. The van der Waals surface area contributed by atoms with E-state index in [2.05, 4.69) is 18.0 Å². The van der Waals surface area contributed by atoms with E-state index in [-0.39, 0.29) is 0 Å². The highest BCUT2D eigenvalue weighted by molar-refractivity contribution is 4.22. The van der Waals surface area contributed by atoms with Gasteiger partial charge in [-0.3, -0.25) is 5.26 Å². The fourth-order valence-electron chi connectivity index (χ4n) is 0. The summed E-state index contributed by atoms with van der Waals surface area (Å²) in [6.45, 7) is 6.00. The predicted molar refractivity (Wildman–Crippen MR) is 20.9 cm³/mol. The Morgan fingerprint density at radius 2 is 1.60 bits per heavy atom. The van der Waals surface area contributed by atoms with Crippen LogP contribution < -0.4 is 0 Å². The van der Waals surface area contributed by atoms with Gasteiger partial charge < -0.3 is 0 Å². The summed E-state index contributed by atoms with van der Waals surface area (Å²) in [6.07, 6.45) is 0. The maximum absolute atomic E-state index is 7.07. The van der Waals surface area contributed by atoms with Crippen LogP contribution in [0, 0.1) is 0 Å². The van der Waals surface area contributed by atoms with Crippen LogP contribution in [0.3, 0.4) is 0 Å². The van der Waals surface area contributed by atoms with Crippen molar-refractivity contribution in [2.75, 3.05) is 7.11 Å². The summed E-state index contributed by atoms with van der Waals surface area (Å²) in [5.41, 5.74) is 0. The molecule has 0 aromatic rings. The topological polar surface area (TPSA) is 29.5 Å². The van der Waals surface area contributed by atoms with Gasteiger partial charge in [-0.2, -0.15) is 0 Å². The van der Waals surface area contributed by atoms with Crippen molar-refractivity contribution in [3.05, 3.63) is 13.2 Å². The van der Waals surface area contributed by atoms with Crippen LogP contribution in [0.2, 0.25) is 0 Å². The average Bonchev–Trinajstić information content (AvgIpc) is 1.46. The molecule has 0 aromatic carbocycles. The maximum Gasteiger partial charge on any atom is 0.0710 e. The van der Waals surface area contributed by atoms with Crippen LogP contribution in [0.5, 0.6) is 0 Å². The molecule has 0 amide bonds. The number of rotatable bonds is 0. The highest BCUT2D eigenvalue weighted by Gasteiger charge is 1.26. The van der Waals surface area contributed by atoms with Gasteiger partial charge in [0, 0.05) is 0 Å². The first-order valence-electron chi connectivity index (χ1n) is 1.09. The van der Waals surface area contributed by atoms with Gasteiger partial charge in [0.05, 0.1) is 7.11 Å². The van der Waals surface area contributed by atoms with Gasteiger partial charge in [-0.05, 0) is 0 Å². The van der Waals surface area contributed by atoms with Crippen molar-refractivity contribution >= 4 is 0 Å². The first-order valence-corrected chi connectivity index (χ1v) is 1.09. The van der Waals surface area contributed by atoms with Crippen LogP contribution >= 0.6 is 0 Å². The zero-order valence-corrected chi connectivity index (χ0v) is 3.27. The van der Waals surface area contributed by atoms with Crippen molar-refractivity contribution in [2.45, 2.75) is 0 Å². The molecule has 0 fully saturated rings. The molecular formula is C3H8O2. The largest absolute Gasteiger partial charge is 0.252 e. The van der Waals surface area contributed by atoms with E-state index in [1.807, 2.05) is 0 Å². The van der Waals surface area contributed by atoms with Crippen LogP contribution in [0.25, 0.3) is 0 Å². The van der Waals surface area contributed by atoms with Crippen molar-refractivity contribution in [1.82, 2.24) is 0 Å². The van der Waals surface area contributed by atoms with Gasteiger partial charge in [-0.1, -0.05) is 0 Å². The van der Waals surface area contributed by atoms with Crippen molar-refractivity contribution in [2.24, 2.45) is 0 Å². The maximum atomic E-state index is 7.07. The summed E-state index contributed by atoms with van der Waals surface area (Å²) in [5.74, 6) is 0. The van der Waals surface area contributed by atoms with E-state index in [0.29, 0.717) is 0 Å². The number of hydrogen-bond donors (Lipinski definition) is 1. The molecule has 0 rings (SSSR count). The van der Waals surface area contributed by atoms with Crippen LogP contribution in [0.15, 0.2) is 13.2 Å². The Morgan fingerprint density at radius 1 is 1.60 bits per heavy atom. The molecule has 5 heavy (non-hydrogen) atoms. The van der Waals surface area contributed by atoms with Crippen molar-refractivity contribution in [3.8, 4) is 0 Å². The van der Waals surface area contributed by atoms with Gasteiger partial charge >= 0.3 is 0 Å². The van der Waals surface area contributed by atoms with Crippen LogP contribution in [0.4, 0.5) is 0 Å². The smallest absolute Gasteiger partial charge is 0.0710 e. The fourth-order valence-corrected chi connectivity index (χ4v) is 0. The van der Waals surface area contributed by atoms with Crippen LogP contribution in [0.1, 0.15) is 0 Å². The molecule has 1 N–H and O–H groups in total. The molecule has 0 saturated carbocycles. The number of hydrogen-bond acceptors (Lipinski definition) is 2.